The van der Waals surface area contributed by atoms with Crippen LogP contribution in [-0.4, -0.2) is 40.3 Å². The molecule has 6 nitrogen and oxygen atoms in total. The number of anilines is 1. The van der Waals surface area contributed by atoms with Crippen molar-refractivity contribution in [3.8, 4) is 0 Å². The SMILES string of the molecule is COC(=O)c1nccc(NC2CC(O)C2)n1. The predicted molar refractivity (Wildman–Crippen MR) is 56.0 cm³/mol. The van der Waals surface area contributed by atoms with Crippen LogP contribution < -0.4 is 5.32 Å². The van der Waals surface area contributed by atoms with Crippen molar-refractivity contribution in [3.05, 3.63) is 18.1 Å². The lowest BCUT2D eigenvalue weighted by atomic mass is 9.89. The molecule has 0 aromatic carbocycles. The largest absolute Gasteiger partial charge is 0.463 e. The maximum absolute atomic E-state index is 11.2. The van der Waals surface area contributed by atoms with Gasteiger partial charge in [-0.1, -0.05) is 0 Å². The summed E-state index contributed by atoms with van der Waals surface area (Å²) in [5, 5.41) is 12.2. The maximum atomic E-state index is 11.2. The first-order valence-electron chi connectivity index (χ1n) is 5.05. The van der Waals surface area contributed by atoms with Crippen LogP contribution in [0.3, 0.4) is 0 Å². The maximum Gasteiger partial charge on any atom is 0.376 e. The Labute approximate surface area is 92.7 Å². The second kappa shape index (κ2) is 4.44. The van der Waals surface area contributed by atoms with Crippen molar-refractivity contribution in [2.45, 2.75) is 25.0 Å². The summed E-state index contributed by atoms with van der Waals surface area (Å²) < 4.78 is 4.52. The highest BCUT2D eigenvalue weighted by Gasteiger charge is 2.27. The molecule has 1 saturated carbocycles. The normalized spacial score (nSPS) is 23.4. The minimum absolute atomic E-state index is 0.0346. The van der Waals surface area contributed by atoms with E-state index in [9.17, 15) is 4.79 Å². The number of ether oxygens (including phenoxy) is 1. The summed E-state index contributed by atoms with van der Waals surface area (Å²) >= 11 is 0. The number of aromatic nitrogens is 2. The number of aliphatic hydroxyl groups excluding tert-OH is 1. The van der Waals surface area contributed by atoms with Gasteiger partial charge in [0.2, 0.25) is 5.82 Å². The zero-order valence-corrected chi connectivity index (χ0v) is 8.88. The molecule has 2 rings (SSSR count). The van der Waals surface area contributed by atoms with Gasteiger partial charge in [-0.25, -0.2) is 14.8 Å². The average Bonchev–Trinajstić information content (AvgIpc) is 2.26. The van der Waals surface area contributed by atoms with Crippen molar-refractivity contribution in [2.75, 3.05) is 12.4 Å². The van der Waals surface area contributed by atoms with E-state index in [1.807, 2.05) is 0 Å². The predicted octanol–water partition coefficient (Wildman–Crippen LogP) is 0.198. The van der Waals surface area contributed by atoms with Gasteiger partial charge in [0, 0.05) is 12.2 Å². The zero-order valence-electron chi connectivity index (χ0n) is 8.88. The van der Waals surface area contributed by atoms with Crippen molar-refractivity contribution in [1.29, 1.82) is 0 Å². The summed E-state index contributed by atoms with van der Waals surface area (Å²) in [5.41, 5.74) is 0. The fourth-order valence-corrected chi connectivity index (χ4v) is 1.54. The molecule has 0 spiro atoms. The minimum atomic E-state index is -0.558. The molecule has 0 bridgehead atoms. The quantitative estimate of drug-likeness (QED) is 0.712. The molecule has 0 amide bonds. The summed E-state index contributed by atoms with van der Waals surface area (Å²) in [4.78, 5) is 19.0. The Hall–Kier alpha value is -1.69. The molecule has 0 unspecified atom stereocenters. The van der Waals surface area contributed by atoms with Crippen molar-refractivity contribution in [3.63, 3.8) is 0 Å². The second-order valence-electron chi connectivity index (χ2n) is 3.72. The van der Waals surface area contributed by atoms with Gasteiger partial charge < -0.3 is 15.2 Å². The van der Waals surface area contributed by atoms with Crippen molar-refractivity contribution in [1.82, 2.24) is 9.97 Å². The standard InChI is InChI=1S/C10H13N3O3/c1-16-10(15)9-11-3-2-8(13-9)12-6-4-7(14)5-6/h2-3,6-7,14H,4-5H2,1H3,(H,11,12,13). The highest BCUT2D eigenvalue weighted by molar-refractivity contribution is 5.85. The first-order valence-corrected chi connectivity index (χ1v) is 5.05. The molecule has 0 saturated heterocycles. The van der Waals surface area contributed by atoms with Gasteiger partial charge in [0.15, 0.2) is 0 Å². The number of carbonyl (C=O) groups excluding carboxylic acids is 1. The van der Waals surface area contributed by atoms with Gasteiger partial charge in [0.1, 0.15) is 5.82 Å². The van der Waals surface area contributed by atoms with Crippen LogP contribution in [0.15, 0.2) is 12.3 Å². The summed E-state index contributed by atoms with van der Waals surface area (Å²) in [6.07, 6.45) is 2.69. The molecular weight excluding hydrogens is 210 g/mol. The van der Waals surface area contributed by atoms with E-state index in [1.54, 1.807) is 6.07 Å². The van der Waals surface area contributed by atoms with E-state index < -0.39 is 5.97 Å². The van der Waals surface area contributed by atoms with Crippen LogP contribution >= 0.6 is 0 Å². The number of rotatable bonds is 3. The Bertz CT molecular complexity index is 391. The summed E-state index contributed by atoms with van der Waals surface area (Å²) in [6.45, 7) is 0. The first-order chi connectivity index (χ1) is 7.69. The van der Waals surface area contributed by atoms with Crippen LogP contribution in [0, 0.1) is 0 Å². The highest BCUT2D eigenvalue weighted by Crippen LogP contribution is 2.22. The van der Waals surface area contributed by atoms with E-state index >= 15 is 0 Å². The van der Waals surface area contributed by atoms with Gasteiger partial charge in [-0.2, -0.15) is 0 Å². The lowest BCUT2D eigenvalue weighted by molar-refractivity contribution is 0.0586. The van der Waals surface area contributed by atoms with E-state index in [4.69, 9.17) is 5.11 Å². The van der Waals surface area contributed by atoms with Crippen molar-refractivity contribution in [2.24, 2.45) is 0 Å². The molecule has 16 heavy (non-hydrogen) atoms. The van der Waals surface area contributed by atoms with Crippen LogP contribution in [0.2, 0.25) is 0 Å². The molecule has 0 atom stereocenters. The lowest BCUT2D eigenvalue weighted by Crippen LogP contribution is -2.39. The molecule has 1 fully saturated rings. The number of nitrogens with zero attached hydrogens (tertiary/aromatic N) is 2. The zero-order chi connectivity index (χ0) is 11.5. The minimum Gasteiger partial charge on any atom is -0.463 e. The Kier molecular flexibility index (Phi) is 3.00. The van der Waals surface area contributed by atoms with E-state index in [0.717, 1.165) is 0 Å². The molecule has 1 aromatic rings. The van der Waals surface area contributed by atoms with E-state index in [1.165, 1.54) is 13.3 Å². The Morgan fingerprint density at radius 2 is 2.38 bits per heavy atom. The summed E-state index contributed by atoms with van der Waals surface area (Å²) in [7, 11) is 1.29. The molecule has 0 aliphatic heterocycles. The fraction of sp³-hybridized carbons (Fsp3) is 0.500. The third kappa shape index (κ3) is 2.27. The van der Waals surface area contributed by atoms with E-state index in [0.29, 0.717) is 18.7 Å². The number of nitrogens with one attached hydrogen (secondary N) is 1. The number of aliphatic hydroxyl groups is 1. The van der Waals surface area contributed by atoms with Crippen molar-refractivity contribution >= 4 is 11.8 Å². The van der Waals surface area contributed by atoms with Crippen LogP contribution in [-0.2, 0) is 4.74 Å². The molecule has 1 heterocycles. The van der Waals surface area contributed by atoms with E-state index in [2.05, 4.69) is 20.0 Å². The fourth-order valence-electron chi connectivity index (χ4n) is 1.54. The highest BCUT2D eigenvalue weighted by atomic mass is 16.5. The summed E-state index contributed by atoms with van der Waals surface area (Å²) in [6, 6.07) is 1.90. The van der Waals surface area contributed by atoms with Gasteiger partial charge in [0.05, 0.1) is 13.2 Å². The molecular formula is C10H13N3O3. The molecule has 1 aromatic heterocycles. The van der Waals surface area contributed by atoms with Crippen LogP contribution in [0.1, 0.15) is 23.5 Å². The molecule has 1 aliphatic carbocycles. The lowest BCUT2D eigenvalue weighted by Gasteiger charge is -2.32. The number of esters is 1. The number of carbonyl (C=O) groups is 1. The van der Waals surface area contributed by atoms with Crippen molar-refractivity contribution < 1.29 is 14.6 Å². The molecule has 0 radical (unpaired) electrons. The molecule has 1 aliphatic rings. The van der Waals surface area contributed by atoms with Gasteiger partial charge in [-0.15, -0.1) is 0 Å². The number of methoxy groups -OCH3 is 1. The smallest absolute Gasteiger partial charge is 0.376 e. The third-order valence-corrected chi connectivity index (χ3v) is 2.49. The topological polar surface area (TPSA) is 84.3 Å². The van der Waals surface area contributed by atoms with Gasteiger partial charge in [-0.05, 0) is 18.9 Å². The molecule has 6 heteroatoms. The average molecular weight is 223 g/mol. The monoisotopic (exact) mass is 223 g/mol. The molecule has 86 valence electrons. The van der Waals surface area contributed by atoms with E-state index in [-0.39, 0.29) is 18.0 Å². The first kappa shape index (κ1) is 10.8. The third-order valence-electron chi connectivity index (χ3n) is 2.49. The Balaban J connectivity index is 2.02. The summed E-state index contributed by atoms with van der Waals surface area (Å²) in [5.74, 6) is 0.0527. The Morgan fingerprint density at radius 3 is 3.00 bits per heavy atom. The number of hydrogen-bond acceptors (Lipinski definition) is 6. The van der Waals surface area contributed by atoms with Crippen LogP contribution in [0.4, 0.5) is 5.82 Å². The van der Waals surface area contributed by atoms with Crippen LogP contribution in [0.25, 0.3) is 0 Å². The number of hydrogen-bond donors (Lipinski definition) is 2. The van der Waals surface area contributed by atoms with Gasteiger partial charge in [-0.3, -0.25) is 0 Å². The molecule has 2 N–H and O–H groups in total. The van der Waals surface area contributed by atoms with Gasteiger partial charge in [0.25, 0.3) is 0 Å². The van der Waals surface area contributed by atoms with Gasteiger partial charge >= 0.3 is 5.97 Å². The second-order valence-corrected chi connectivity index (χ2v) is 3.72. The Morgan fingerprint density at radius 1 is 1.62 bits per heavy atom. The van der Waals surface area contributed by atoms with Crippen LogP contribution in [0.5, 0.6) is 0 Å².